The van der Waals surface area contributed by atoms with Gasteiger partial charge in [-0.1, -0.05) is 30.3 Å². The summed E-state index contributed by atoms with van der Waals surface area (Å²) in [6, 6.07) is 12.0. The molecule has 0 radical (unpaired) electrons. The SMILES string of the molecule is CN(CCCc1cc(-c2ccccc2)n[nH]1)C(=O)[C@H]1C[C@H]1C(=O)O. The van der Waals surface area contributed by atoms with E-state index in [-0.39, 0.29) is 11.8 Å². The van der Waals surface area contributed by atoms with Gasteiger partial charge in [-0.2, -0.15) is 5.10 Å². The van der Waals surface area contributed by atoms with Crippen LogP contribution in [0.4, 0.5) is 0 Å². The average Bonchev–Trinajstić information content (AvgIpc) is 3.26. The predicted octanol–water partition coefficient (Wildman–Crippen LogP) is 2.19. The molecule has 1 aromatic heterocycles. The van der Waals surface area contributed by atoms with Crippen LogP contribution >= 0.6 is 0 Å². The van der Waals surface area contributed by atoms with Crippen molar-refractivity contribution in [1.82, 2.24) is 15.1 Å². The van der Waals surface area contributed by atoms with E-state index in [9.17, 15) is 9.59 Å². The molecule has 0 spiro atoms. The molecule has 0 bridgehead atoms. The van der Waals surface area contributed by atoms with Crippen LogP contribution in [0.3, 0.4) is 0 Å². The monoisotopic (exact) mass is 327 g/mol. The summed E-state index contributed by atoms with van der Waals surface area (Å²) in [5.41, 5.74) is 3.02. The Labute approximate surface area is 140 Å². The Kier molecular flexibility index (Phi) is 4.64. The highest BCUT2D eigenvalue weighted by Crippen LogP contribution is 2.39. The van der Waals surface area contributed by atoms with Crippen molar-refractivity contribution in [3.05, 3.63) is 42.1 Å². The Balaban J connectivity index is 1.46. The van der Waals surface area contributed by atoms with Crippen molar-refractivity contribution in [3.8, 4) is 11.3 Å². The minimum Gasteiger partial charge on any atom is -0.481 e. The lowest BCUT2D eigenvalue weighted by Gasteiger charge is -2.16. The highest BCUT2D eigenvalue weighted by Gasteiger charge is 2.49. The molecule has 1 fully saturated rings. The number of carbonyl (C=O) groups excluding carboxylic acids is 1. The van der Waals surface area contributed by atoms with Crippen molar-refractivity contribution in [2.45, 2.75) is 19.3 Å². The second-order valence-corrected chi connectivity index (χ2v) is 6.29. The summed E-state index contributed by atoms with van der Waals surface area (Å²) in [5, 5.41) is 16.2. The fourth-order valence-corrected chi connectivity index (χ4v) is 2.89. The third kappa shape index (κ3) is 3.64. The molecule has 1 aromatic carbocycles. The maximum Gasteiger partial charge on any atom is 0.307 e. The molecule has 1 amide bonds. The summed E-state index contributed by atoms with van der Waals surface area (Å²) in [6.07, 6.45) is 2.08. The Hall–Kier alpha value is -2.63. The first-order valence-electron chi connectivity index (χ1n) is 8.13. The van der Waals surface area contributed by atoms with Gasteiger partial charge in [0.15, 0.2) is 0 Å². The van der Waals surface area contributed by atoms with E-state index in [2.05, 4.69) is 10.2 Å². The van der Waals surface area contributed by atoms with Crippen LogP contribution in [0.25, 0.3) is 11.3 Å². The van der Waals surface area contributed by atoms with Gasteiger partial charge in [0.05, 0.1) is 17.5 Å². The minimum absolute atomic E-state index is 0.0583. The van der Waals surface area contributed by atoms with Crippen LogP contribution < -0.4 is 0 Å². The van der Waals surface area contributed by atoms with Crippen LogP contribution in [0.5, 0.6) is 0 Å². The van der Waals surface area contributed by atoms with Gasteiger partial charge in [0.25, 0.3) is 0 Å². The molecule has 126 valence electrons. The summed E-state index contributed by atoms with van der Waals surface area (Å²) in [5.74, 6) is -1.74. The zero-order valence-electron chi connectivity index (χ0n) is 13.6. The van der Waals surface area contributed by atoms with Gasteiger partial charge in [0, 0.05) is 24.8 Å². The van der Waals surface area contributed by atoms with Gasteiger partial charge in [-0.25, -0.2) is 0 Å². The first-order chi connectivity index (χ1) is 11.6. The van der Waals surface area contributed by atoms with Crippen molar-refractivity contribution in [2.24, 2.45) is 11.8 Å². The number of carboxylic acids is 1. The van der Waals surface area contributed by atoms with Crippen LogP contribution in [0.2, 0.25) is 0 Å². The zero-order valence-corrected chi connectivity index (χ0v) is 13.6. The van der Waals surface area contributed by atoms with Gasteiger partial charge >= 0.3 is 5.97 Å². The van der Waals surface area contributed by atoms with Crippen LogP contribution in [-0.4, -0.2) is 45.7 Å². The summed E-state index contributed by atoms with van der Waals surface area (Å²) in [6.45, 7) is 0.612. The lowest BCUT2D eigenvalue weighted by Crippen LogP contribution is -2.30. The predicted molar refractivity (Wildman–Crippen MR) is 89.2 cm³/mol. The maximum absolute atomic E-state index is 12.1. The standard InChI is InChI=1S/C18H21N3O3/c1-21(17(22)14-11-15(14)18(23)24)9-5-8-13-10-16(20-19-13)12-6-3-2-4-7-12/h2-4,6-7,10,14-15H,5,8-9,11H2,1H3,(H,19,20)(H,23,24)/t14-,15+/m0/s1. The largest absolute Gasteiger partial charge is 0.481 e. The molecule has 2 aromatic rings. The number of carboxylic acid groups (broad SMARTS) is 1. The molecular weight excluding hydrogens is 306 g/mol. The van der Waals surface area contributed by atoms with Crippen molar-refractivity contribution < 1.29 is 14.7 Å². The van der Waals surface area contributed by atoms with E-state index < -0.39 is 11.9 Å². The Morgan fingerprint density at radius 1 is 1.29 bits per heavy atom. The molecule has 0 aliphatic heterocycles. The van der Waals surface area contributed by atoms with Gasteiger partial charge in [-0.3, -0.25) is 14.7 Å². The number of rotatable bonds is 7. The third-order valence-corrected chi connectivity index (χ3v) is 4.44. The van der Waals surface area contributed by atoms with Gasteiger partial charge in [0.2, 0.25) is 5.91 Å². The number of nitrogens with zero attached hydrogens (tertiary/aromatic N) is 2. The second kappa shape index (κ2) is 6.86. The van der Waals surface area contributed by atoms with Crippen LogP contribution in [-0.2, 0) is 16.0 Å². The molecule has 6 heteroatoms. The number of amides is 1. The molecule has 1 saturated carbocycles. The van der Waals surface area contributed by atoms with E-state index in [4.69, 9.17) is 5.11 Å². The molecule has 1 aliphatic carbocycles. The van der Waals surface area contributed by atoms with Gasteiger partial charge in [-0.05, 0) is 25.3 Å². The maximum atomic E-state index is 12.1. The van der Waals surface area contributed by atoms with Crippen LogP contribution in [0.1, 0.15) is 18.5 Å². The number of nitrogens with one attached hydrogen (secondary N) is 1. The minimum atomic E-state index is -0.868. The smallest absolute Gasteiger partial charge is 0.307 e. The molecule has 0 unspecified atom stereocenters. The Bertz CT molecular complexity index is 726. The molecule has 3 rings (SSSR count). The molecule has 24 heavy (non-hydrogen) atoms. The topological polar surface area (TPSA) is 86.3 Å². The quantitative estimate of drug-likeness (QED) is 0.816. The van der Waals surface area contributed by atoms with Gasteiger partial charge in [0.1, 0.15) is 0 Å². The average molecular weight is 327 g/mol. The molecule has 2 atom stereocenters. The highest BCUT2D eigenvalue weighted by molar-refractivity contribution is 5.89. The Morgan fingerprint density at radius 2 is 2.04 bits per heavy atom. The zero-order chi connectivity index (χ0) is 17.1. The first kappa shape index (κ1) is 16.2. The van der Waals surface area contributed by atoms with Crippen LogP contribution in [0, 0.1) is 11.8 Å². The summed E-state index contributed by atoms with van der Waals surface area (Å²) in [7, 11) is 1.74. The number of benzene rings is 1. The second-order valence-electron chi connectivity index (χ2n) is 6.29. The van der Waals surface area contributed by atoms with Crippen molar-refractivity contribution >= 4 is 11.9 Å². The molecule has 0 saturated heterocycles. The number of hydrogen-bond acceptors (Lipinski definition) is 3. The van der Waals surface area contributed by atoms with Crippen LogP contribution in [0.15, 0.2) is 36.4 Å². The van der Waals surface area contributed by atoms with Crippen molar-refractivity contribution in [2.75, 3.05) is 13.6 Å². The van der Waals surface area contributed by atoms with E-state index in [1.165, 1.54) is 0 Å². The van der Waals surface area contributed by atoms with E-state index in [0.29, 0.717) is 13.0 Å². The number of H-pyrrole nitrogens is 1. The first-order valence-corrected chi connectivity index (χ1v) is 8.13. The number of hydrogen-bond donors (Lipinski definition) is 2. The normalized spacial score (nSPS) is 19.0. The van der Waals surface area contributed by atoms with E-state index in [1.807, 2.05) is 36.4 Å². The lowest BCUT2D eigenvalue weighted by atomic mass is 10.1. The molecule has 1 aliphatic rings. The molecule has 2 N–H and O–H groups in total. The third-order valence-electron chi connectivity index (χ3n) is 4.44. The number of carbonyl (C=O) groups is 2. The van der Waals surface area contributed by atoms with E-state index >= 15 is 0 Å². The fourth-order valence-electron chi connectivity index (χ4n) is 2.89. The van der Waals surface area contributed by atoms with E-state index in [0.717, 1.165) is 29.8 Å². The highest BCUT2D eigenvalue weighted by atomic mass is 16.4. The lowest BCUT2D eigenvalue weighted by molar-refractivity contribution is -0.141. The number of aryl methyl sites for hydroxylation is 1. The molecular formula is C18H21N3O3. The fraction of sp³-hybridized carbons (Fsp3) is 0.389. The van der Waals surface area contributed by atoms with E-state index in [1.54, 1.807) is 11.9 Å². The number of aliphatic carboxylic acids is 1. The van der Waals surface area contributed by atoms with Gasteiger partial charge < -0.3 is 10.0 Å². The number of aromatic amines is 1. The summed E-state index contributed by atoms with van der Waals surface area (Å²) >= 11 is 0. The van der Waals surface area contributed by atoms with Gasteiger partial charge in [-0.15, -0.1) is 0 Å². The molecule has 6 nitrogen and oxygen atoms in total. The number of aromatic nitrogens is 2. The summed E-state index contributed by atoms with van der Waals surface area (Å²) in [4.78, 5) is 24.6. The Morgan fingerprint density at radius 3 is 2.71 bits per heavy atom. The summed E-state index contributed by atoms with van der Waals surface area (Å²) < 4.78 is 0. The van der Waals surface area contributed by atoms with Crippen molar-refractivity contribution in [3.63, 3.8) is 0 Å². The molecule has 1 heterocycles. The van der Waals surface area contributed by atoms with Crippen molar-refractivity contribution in [1.29, 1.82) is 0 Å².